The molecule has 1 aromatic carbocycles. The molecule has 5 nitrogen and oxygen atoms in total. The predicted octanol–water partition coefficient (Wildman–Crippen LogP) is 3.72. The molecule has 2 rings (SSSR count). The number of para-hydroxylation sites is 1. The lowest BCUT2D eigenvalue weighted by Gasteiger charge is -2.30. The van der Waals surface area contributed by atoms with Crippen molar-refractivity contribution in [2.45, 2.75) is 37.8 Å². The fourth-order valence-corrected chi connectivity index (χ4v) is 2.83. The molecule has 0 saturated heterocycles. The predicted molar refractivity (Wildman–Crippen MR) is 99.5 cm³/mol. The molecule has 1 amide bonds. The molecule has 0 bridgehead atoms. The zero-order valence-electron chi connectivity index (χ0n) is 14.7. The molecule has 0 N–H and O–H groups in total. The van der Waals surface area contributed by atoms with Crippen LogP contribution in [0.4, 0.5) is 5.69 Å². The average molecular weight is 367 g/mol. The number of rotatable bonds is 5. The molecular weight excluding hydrogens is 344 g/mol. The first-order valence-corrected chi connectivity index (χ1v) is 9.34. The van der Waals surface area contributed by atoms with Gasteiger partial charge in [0, 0.05) is 12.7 Å². The quantitative estimate of drug-likeness (QED) is 0.597. The highest BCUT2D eigenvalue weighted by Gasteiger charge is 2.34. The van der Waals surface area contributed by atoms with Crippen molar-refractivity contribution in [3.8, 4) is 0 Å². The van der Waals surface area contributed by atoms with Gasteiger partial charge in [-0.1, -0.05) is 50.7 Å². The number of hydrogen-bond donors (Lipinski definition) is 0. The van der Waals surface area contributed by atoms with Crippen molar-refractivity contribution in [1.29, 1.82) is 0 Å². The fourth-order valence-electron chi connectivity index (χ4n) is 2.21. The molecule has 0 aliphatic carbocycles. The highest BCUT2D eigenvalue weighted by atomic mass is 35.5. The Balaban J connectivity index is 2.37. The molecule has 24 heavy (non-hydrogen) atoms. The number of nitrogens with zero attached hydrogens (tertiary/aromatic N) is 4. The van der Waals surface area contributed by atoms with Crippen LogP contribution in [0, 0.1) is 5.41 Å². The molecule has 1 unspecified atom stereocenters. The van der Waals surface area contributed by atoms with E-state index in [2.05, 4.69) is 10.2 Å². The van der Waals surface area contributed by atoms with Gasteiger partial charge in [0.05, 0.1) is 6.54 Å². The van der Waals surface area contributed by atoms with Gasteiger partial charge in [-0.25, -0.2) is 0 Å². The van der Waals surface area contributed by atoms with Crippen molar-refractivity contribution in [1.82, 2.24) is 14.8 Å². The lowest BCUT2D eigenvalue weighted by atomic mass is 9.91. The maximum Gasteiger partial charge on any atom is 0.245 e. The maximum atomic E-state index is 13.0. The Kier molecular flexibility index (Phi) is 5.93. The minimum atomic E-state index is -0.633. The first-order valence-electron chi connectivity index (χ1n) is 7.68. The molecule has 0 aliphatic heterocycles. The summed E-state index contributed by atoms with van der Waals surface area (Å²) in [6.07, 6.45) is 1.95. The highest BCUT2D eigenvalue weighted by Crippen LogP contribution is 2.29. The Morgan fingerprint density at radius 2 is 1.92 bits per heavy atom. The first-order chi connectivity index (χ1) is 11.3. The first kappa shape index (κ1) is 18.8. The molecule has 7 heteroatoms. The van der Waals surface area contributed by atoms with Gasteiger partial charge in [0.1, 0.15) is 5.38 Å². The number of alkyl halides is 1. The number of anilines is 1. The Morgan fingerprint density at radius 3 is 2.42 bits per heavy atom. The van der Waals surface area contributed by atoms with Crippen LogP contribution in [0.15, 0.2) is 35.5 Å². The third-order valence-electron chi connectivity index (χ3n) is 3.72. The van der Waals surface area contributed by atoms with Crippen molar-refractivity contribution in [2.75, 3.05) is 11.2 Å². The third-order valence-corrected chi connectivity index (χ3v) is 5.28. The fraction of sp³-hybridized carbons (Fsp3) is 0.471. The van der Waals surface area contributed by atoms with Gasteiger partial charge in [0.25, 0.3) is 0 Å². The van der Waals surface area contributed by atoms with Gasteiger partial charge < -0.3 is 9.47 Å². The summed E-state index contributed by atoms with van der Waals surface area (Å²) in [6, 6.07) is 9.52. The Bertz CT molecular complexity index is 696. The summed E-state index contributed by atoms with van der Waals surface area (Å²) in [5.74, 6) is 0.582. The molecular formula is C17H23ClN4OS. The number of benzene rings is 1. The van der Waals surface area contributed by atoms with E-state index in [9.17, 15) is 4.79 Å². The minimum absolute atomic E-state index is 0.135. The molecule has 0 radical (unpaired) electrons. The van der Waals surface area contributed by atoms with Crippen molar-refractivity contribution >= 4 is 35.0 Å². The van der Waals surface area contributed by atoms with Crippen LogP contribution in [0.5, 0.6) is 0 Å². The number of hydrogen-bond acceptors (Lipinski definition) is 4. The van der Waals surface area contributed by atoms with Crippen LogP contribution in [0.3, 0.4) is 0 Å². The molecule has 1 aromatic heterocycles. The maximum absolute atomic E-state index is 13.0. The van der Waals surface area contributed by atoms with Crippen molar-refractivity contribution < 1.29 is 4.79 Å². The molecule has 0 saturated carbocycles. The molecule has 1 atom stereocenters. The lowest BCUT2D eigenvalue weighted by molar-refractivity contribution is -0.120. The van der Waals surface area contributed by atoms with Gasteiger partial charge in [-0.05, 0) is 23.8 Å². The Labute approximate surface area is 152 Å². The summed E-state index contributed by atoms with van der Waals surface area (Å²) in [5, 5.41) is 8.53. The number of carbonyl (C=O) groups excluding carboxylic acids is 1. The lowest BCUT2D eigenvalue weighted by Crippen LogP contribution is -2.42. The van der Waals surface area contributed by atoms with E-state index < -0.39 is 5.38 Å². The number of aromatic nitrogens is 3. The van der Waals surface area contributed by atoms with Gasteiger partial charge in [-0.2, -0.15) is 0 Å². The van der Waals surface area contributed by atoms with E-state index in [1.54, 1.807) is 4.90 Å². The number of thioether (sulfide) groups is 1. The summed E-state index contributed by atoms with van der Waals surface area (Å²) in [6.45, 7) is 6.20. The van der Waals surface area contributed by atoms with Crippen LogP contribution in [-0.2, 0) is 18.4 Å². The van der Waals surface area contributed by atoms with Gasteiger partial charge in [0.2, 0.25) is 5.91 Å². The largest absolute Gasteiger partial charge is 0.308 e. The monoisotopic (exact) mass is 366 g/mol. The Morgan fingerprint density at radius 1 is 1.29 bits per heavy atom. The van der Waals surface area contributed by atoms with Crippen LogP contribution >= 0.6 is 23.4 Å². The molecule has 0 fully saturated rings. The summed E-state index contributed by atoms with van der Waals surface area (Å²) in [4.78, 5) is 14.7. The van der Waals surface area contributed by atoms with Gasteiger partial charge in [-0.15, -0.1) is 21.8 Å². The number of amides is 1. The second-order valence-corrected chi connectivity index (χ2v) is 7.86. The van der Waals surface area contributed by atoms with E-state index in [1.165, 1.54) is 11.8 Å². The van der Waals surface area contributed by atoms with Crippen molar-refractivity contribution in [2.24, 2.45) is 12.5 Å². The highest BCUT2D eigenvalue weighted by molar-refractivity contribution is 7.98. The number of carbonyl (C=O) groups is 1. The normalized spacial score (nSPS) is 12.9. The van der Waals surface area contributed by atoms with Crippen LogP contribution < -0.4 is 4.90 Å². The van der Waals surface area contributed by atoms with E-state index in [1.807, 2.05) is 69.0 Å². The van der Waals surface area contributed by atoms with Crippen LogP contribution in [0.2, 0.25) is 0 Å². The number of halogens is 1. The zero-order valence-corrected chi connectivity index (χ0v) is 16.2. The second kappa shape index (κ2) is 7.57. The minimum Gasteiger partial charge on any atom is -0.308 e. The SMILES string of the molecule is CSc1nnc(CN(C(=O)C(Cl)C(C)(C)C)c2ccccc2)n1C. The molecule has 0 spiro atoms. The van der Waals surface area contributed by atoms with Gasteiger partial charge in [0.15, 0.2) is 11.0 Å². The summed E-state index contributed by atoms with van der Waals surface area (Å²) >= 11 is 7.97. The smallest absolute Gasteiger partial charge is 0.245 e. The zero-order chi connectivity index (χ0) is 17.9. The van der Waals surface area contributed by atoms with E-state index in [4.69, 9.17) is 11.6 Å². The van der Waals surface area contributed by atoms with E-state index in [-0.39, 0.29) is 11.3 Å². The van der Waals surface area contributed by atoms with Gasteiger partial charge in [-0.3, -0.25) is 4.79 Å². The average Bonchev–Trinajstić information content (AvgIpc) is 2.91. The molecule has 130 valence electrons. The molecule has 0 aliphatic rings. The standard InChI is InChI=1S/C17H23ClN4OS/c1-17(2,3)14(18)15(23)22(12-9-7-6-8-10-12)11-13-19-20-16(24-5)21(13)4/h6-10,14H,11H2,1-5H3. The summed E-state index contributed by atoms with van der Waals surface area (Å²) < 4.78 is 1.90. The van der Waals surface area contributed by atoms with Crippen LogP contribution in [0.1, 0.15) is 26.6 Å². The van der Waals surface area contributed by atoms with Crippen LogP contribution in [-0.4, -0.2) is 32.3 Å². The van der Waals surface area contributed by atoms with Crippen molar-refractivity contribution in [3.63, 3.8) is 0 Å². The molecule has 2 aromatic rings. The summed E-state index contributed by atoms with van der Waals surface area (Å²) in [7, 11) is 1.90. The van der Waals surface area contributed by atoms with Crippen LogP contribution in [0.25, 0.3) is 0 Å². The third kappa shape index (κ3) is 4.11. The van der Waals surface area contributed by atoms with E-state index >= 15 is 0 Å². The van der Waals surface area contributed by atoms with E-state index in [0.717, 1.165) is 10.8 Å². The van der Waals surface area contributed by atoms with Gasteiger partial charge >= 0.3 is 0 Å². The summed E-state index contributed by atoms with van der Waals surface area (Å²) in [5.41, 5.74) is 0.460. The Hall–Kier alpha value is -1.53. The molecule has 1 heterocycles. The van der Waals surface area contributed by atoms with Crippen molar-refractivity contribution in [3.05, 3.63) is 36.2 Å². The topological polar surface area (TPSA) is 51.0 Å². The van der Waals surface area contributed by atoms with E-state index in [0.29, 0.717) is 12.4 Å². The second-order valence-electron chi connectivity index (χ2n) is 6.65.